The number of hydrogen-bond acceptors (Lipinski definition) is 2. The highest BCUT2D eigenvalue weighted by molar-refractivity contribution is 7.58. The largest absolute Gasteiger partial charge is 0.326 e. The van der Waals surface area contributed by atoms with Gasteiger partial charge in [-0.1, -0.05) is 78.1 Å². The average molecular weight is 333 g/mol. The van der Waals surface area contributed by atoms with E-state index in [9.17, 15) is 4.57 Å². The van der Waals surface area contributed by atoms with Crippen molar-refractivity contribution in [1.82, 2.24) is 0 Å². The van der Waals surface area contributed by atoms with Crippen LogP contribution in [-0.2, 0) is 9.09 Å². The SMILES string of the molecule is CCCCCCCCP(=O)(CCCCCCCC)OC(C)C. The summed E-state index contributed by atoms with van der Waals surface area (Å²) in [5, 5.41) is 0. The highest BCUT2D eigenvalue weighted by Crippen LogP contribution is 2.49. The maximum atomic E-state index is 13.0. The molecule has 0 saturated heterocycles. The minimum absolute atomic E-state index is 0.0889. The van der Waals surface area contributed by atoms with Gasteiger partial charge in [-0.05, 0) is 26.7 Å². The van der Waals surface area contributed by atoms with Crippen LogP contribution in [0.15, 0.2) is 0 Å². The van der Waals surface area contributed by atoms with E-state index in [0.717, 1.165) is 25.2 Å². The van der Waals surface area contributed by atoms with Crippen molar-refractivity contribution >= 4 is 7.37 Å². The molecule has 0 radical (unpaired) electrons. The smallest absolute Gasteiger partial charge is 0.203 e. The molecule has 3 heteroatoms. The van der Waals surface area contributed by atoms with Gasteiger partial charge in [-0.15, -0.1) is 0 Å². The van der Waals surface area contributed by atoms with E-state index in [1.807, 2.05) is 13.8 Å². The van der Waals surface area contributed by atoms with Gasteiger partial charge in [0.2, 0.25) is 7.37 Å². The summed E-state index contributed by atoms with van der Waals surface area (Å²) in [6, 6.07) is 0. The van der Waals surface area contributed by atoms with Crippen LogP contribution >= 0.6 is 7.37 Å². The van der Waals surface area contributed by atoms with Crippen molar-refractivity contribution in [3.05, 3.63) is 0 Å². The lowest BCUT2D eigenvalue weighted by Gasteiger charge is -2.21. The minimum atomic E-state index is -2.39. The van der Waals surface area contributed by atoms with Gasteiger partial charge in [-0.25, -0.2) is 0 Å². The standard InChI is InChI=1S/C19H41O2P/c1-5-7-9-11-13-15-17-22(20,21-19(3)4)18-16-14-12-10-8-6-2/h19H,5-18H2,1-4H3. The molecule has 22 heavy (non-hydrogen) atoms. The first-order valence-electron chi connectivity index (χ1n) is 9.80. The van der Waals surface area contributed by atoms with Crippen LogP contribution in [0.2, 0.25) is 0 Å². The molecule has 0 fully saturated rings. The van der Waals surface area contributed by atoms with Crippen LogP contribution in [0.25, 0.3) is 0 Å². The van der Waals surface area contributed by atoms with Gasteiger partial charge in [0.25, 0.3) is 0 Å². The number of unbranched alkanes of at least 4 members (excludes halogenated alkanes) is 10. The summed E-state index contributed by atoms with van der Waals surface area (Å²) >= 11 is 0. The fourth-order valence-electron chi connectivity index (χ4n) is 2.87. The molecule has 0 heterocycles. The van der Waals surface area contributed by atoms with Crippen LogP contribution < -0.4 is 0 Å². The van der Waals surface area contributed by atoms with Crippen molar-refractivity contribution in [1.29, 1.82) is 0 Å². The molecule has 0 bridgehead atoms. The van der Waals surface area contributed by atoms with Crippen molar-refractivity contribution in [3.8, 4) is 0 Å². The van der Waals surface area contributed by atoms with E-state index in [1.54, 1.807) is 0 Å². The van der Waals surface area contributed by atoms with Gasteiger partial charge < -0.3 is 4.52 Å². The van der Waals surface area contributed by atoms with Crippen molar-refractivity contribution < 1.29 is 9.09 Å². The molecule has 0 spiro atoms. The molecule has 0 aliphatic carbocycles. The molecule has 0 amide bonds. The first kappa shape index (κ1) is 22.2. The molecule has 0 aromatic heterocycles. The van der Waals surface area contributed by atoms with Crippen LogP contribution in [-0.4, -0.2) is 18.4 Å². The van der Waals surface area contributed by atoms with E-state index in [4.69, 9.17) is 4.52 Å². The first-order chi connectivity index (χ1) is 10.5. The lowest BCUT2D eigenvalue weighted by Crippen LogP contribution is -2.07. The quantitative estimate of drug-likeness (QED) is 0.217. The van der Waals surface area contributed by atoms with Crippen molar-refractivity contribution in [3.63, 3.8) is 0 Å². The summed E-state index contributed by atoms with van der Waals surface area (Å²) in [7, 11) is -2.39. The summed E-state index contributed by atoms with van der Waals surface area (Å²) in [4.78, 5) is 0. The Morgan fingerprint density at radius 1 is 0.682 bits per heavy atom. The zero-order chi connectivity index (χ0) is 16.7. The second kappa shape index (κ2) is 14.8. The van der Waals surface area contributed by atoms with Gasteiger partial charge in [0.1, 0.15) is 0 Å². The maximum absolute atomic E-state index is 13.0. The summed E-state index contributed by atoms with van der Waals surface area (Å²) in [5.74, 6) is 0. The molecule has 0 atom stereocenters. The second-order valence-electron chi connectivity index (χ2n) is 6.95. The van der Waals surface area contributed by atoms with Gasteiger partial charge in [0.15, 0.2) is 0 Å². The maximum Gasteiger partial charge on any atom is 0.203 e. The highest BCUT2D eigenvalue weighted by Gasteiger charge is 2.23. The van der Waals surface area contributed by atoms with E-state index < -0.39 is 7.37 Å². The van der Waals surface area contributed by atoms with Crippen molar-refractivity contribution in [2.45, 2.75) is 111 Å². The molecular formula is C19H41O2P. The Kier molecular flexibility index (Phi) is 14.9. The molecule has 2 nitrogen and oxygen atoms in total. The van der Waals surface area contributed by atoms with E-state index in [2.05, 4.69) is 13.8 Å². The van der Waals surface area contributed by atoms with Crippen LogP contribution in [0.3, 0.4) is 0 Å². The van der Waals surface area contributed by atoms with E-state index >= 15 is 0 Å². The van der Waals surface area contributed by atoms with Gasteiger partial charge >= 0.3 is 0 Å². The predicted molar refractivity (Wildman–Crippen MR) is 100 cm³/mol. The molecule has 0 aromatic rings. The van der Waals surface area contributed by atoms with Gasteiger partial charge in [-0.3, -0.25) is 4.57 Å². The Labute approximate surface area is 140 Å². The predicted octanol–water partition coefficient (Wildman–Crippen LogP) is 7.41. The Hall–Kier alpha value is 0.190. The Morgan fingerprint density at radius 2 is 1.05 bits per heavy atom. The average Bonchev–Trinajstić information content (AvgIpc) is 2.46. The van der Waals surface area contributed by atoms with Crippen LogP contribution in [0.5, 0.6) is 0 Å². The molecule has 0 saturated carbocycles. The Morgan fingerprint density at radius 3 is 1.41 bits per heavy atom. The summed E-state index contributed by atoms with van der Waals surface area (Å²) in [6.45, 7) is 8.50. The topological polar surface area (TPSA) is 26.3 Å². The molecule has 0 aliphatic rings. The van der Waals surface area contributed by atoms with Crippen LogP contribution in [0, 0.1) is 0 Å². The molecule has 0 N–H and O–H groups in total. The van der Waals surface area contributed by atoms with Gasteiger partial charge in [0.05, 0.1) is 6.10 Å². The minimum Gasteiger partial charge on any atom is -0.326 e. The fourth-order valence-corrected chi connectivity index (χ4v) is 5.48. The molecule has 0 rings (SSSR count). The third-order valence-electron chi connectivity index (χ3n) is 4.11. The fraction of sp³-hybridized carbons (Fsp3) is 1.00. The second-order valence-corrected chi connectivity index (χ2v) is 9.69. The van der Waals surface area contributed by atoms with Gasteiger partial charge in [-0.2, -0.15) is 0 Å². The van der Waals surface area contributed by atoms with Crippen molar-refractivity contribution in [2.75, 3.05) is 12.3 Å². The third-order valence-corrected chi connectivity index (χ3v) is 6.91. The van der Waals surface area contributed by atoms with E-state index in [0.29, 0.717) is 0 Å². The zero-order valence-electron chi connectivity index (χ0n) is 15.7. The molecule has 0 aliphatic heterocycles. The summed E-state index contributed by atoms with van der Waals surface area (Å²) < 4.78 is 18.8. The Bertz CT molecular complexity index is 257. The highest BCUT2D eigenvalue weighted by atomic mass is 31.2. The van der Waals surface area contributed by atoms with Crippen LogP contribution in [0.4, 0.5) is 0 Å². The van der Waals surface area contributed by atoms with Crippen LogP contribution in [0.1, 0.15) is 105 Å². The summed E-state index contributed by atoms with van der Waals surface area (Å²) in [5.41, 5.74) is 0. The molecule has 134 valence electrons. The molecule has 0 aromatic carbocycles. The Balaban J connectivity index is 3.93. The molecular weight excluding hydrogens is 291 g/mol. The van der Waals surface area contributed by atoms with E-state index in [1.165, 1.54) is 64.2 Å². The summed E-state index contributed by atoms with van der Waals surface area (Å²) in [6.07, 6.45) is 16.7. The number of hydrogen-bond donors (Lipinski definition) is 0. The zero-order valence-corrected chi connectivity index (χ0v) is 16.6. The van der Waals surface area contributed by atoms with Crippen molar-refractivity contribution in [2.24, 2.45) is 0 Å². The normalized spacial score (nSPS) is 12.2. The lowest BCUT2D eigenvalue weighted by atomic mass is 10.1. The first-order valence-corrected chi connectivity index (χ1v) is 11.8. The van der Waals surface area contributed by atoms with E-state index in [-0.39, 0.29) is 6.10 Å². The number of rotatable bonds is 16. The van der Waals surface area contributed by atoms with Gasteiger partial charge in [0, 0.05) is 12.3 Å². The third kappa shape index (κ3) is 13.8. The monoisotopic (exact) mass is 332 g/mol. The lowest BCUT2D eigenvalue weighted by molar-refractivity contribution is 0.242. The molecule has 0 unspecified atom stereocenters.